The number of hydrogen-bond donors (Lipinski definition) is 2. The van der Waals surface area contributed by atoms with Gasteiger partial charge in [0.1, 0.15) is 16.5 Å². The molecule has 0 aliphatic carbocycles. The smallest absolute Gasteiger partial charge is 0.254 e. The molecule has 0 heterocycles. The zero-order valence-electron chi connectivity index (χ0n) is 11.3. The Bertz CT molecular complexity index is 637. The van der Waals surface area contributed by atoms with Crippen LogP contribution in [0.4, 0.5) is 8.78 Å². The summed E-state index contributed by atoms with van der Waals surface area (Å²) in [6.45, 7) is 5.80. The molecule has 0 aliphatic rings. The maximum atomic E-state index is 13.6. The molecule has 0 spiro atoms. The Hall–Kier alpha value is -1.54. The minimum atomic E-state index is -4.37. The van der Waals surface area contributed by atoms with Crippen LogP contribution in [0.2, 0.25) is 0 Å². The highest BCUT2D eigenvalue weighted by Gasteiger charge is 2.22. The molecule has 1 rings (SSSR count). The van der Waals surface area contributed by atoms with Crippen LogP contribution in [0.5, 0.6) is 0 Å². The van der Waals surface area contributed by atoms with Crippen LogP contribution < -0.4 is 10.5 Å². The third kappa shape index (κ3) is 4.24. The summed E-state index contributed by atoms with van der Waals surface area (Å²) in [5, 5.41) is 7.24. The van der Waals surface area contributed by atoms with Crippen molar-refractivity contribution < 1.29 is 22.0 Å². The molecule has 0 atom stereocenters. The Balaban J connectivity index is 3.16. The van der Waals surface area contributed by atoms with Crippen molar-refractivity contribution in [2.24, 2.45) is 10.6 Å². The van der Waals surface area contributed by atoms with Gasteiger partial charge in [-0.2, -0.15) is 0 Å². The highest BCUT2D eigenvalue weighted by molar-refractivity contribution is 7.89. The van der Waals surface area contributed by atoms with E-state index in [0.29, 0.717) is 12.1 Å². The third-order valence-corrected chi connectivity index (χ3v) is 3.28. The number of rotatable bonds is 3. The summed E-state index contributed by atoms with van der Waals surface area (Å²) < 4.78 is 49.2. The molecule has 3 N–H and O–H groups in total. The number of carbonyl (C=O) groups excluding carboxylic acids is 1. The summed E-state index contributed by atoms with van der Waals surface area (Å²) >= 11 is 0. The molecular weight excluding hydrogens is 290 g/mol. The average molecular weight is 306 g/mol. The summed E-state index contributed by atoms with van der Waals surface area (Å²) in [6.07, 6.45) is 0. The second-order valence-electron chi connectivity index (χ2n) is 5.55. The molecule has 112 valence electrons. The van der Waals surface area contributed by atoms with E-state index >= 15 is 0 Å². The number of hydrogen-bond acceptors (Lipinski definition) is 3. The highest BCUT2D eigenvalue weighted by Crippen LogP contribution is 2.19. The molecular formula is C12H16F2N2O3S. The fourth-order valence-corrected chi connectivity index (χ4v) is 1.97. The summed E-state index contributed by atoms with van der Waals surface area (Å²) in [5.41, 5.74) is -0.811. The van der Waals surface area contributed by atoms with Crippen LogP contribution in [0.3, 0.4) is 0 Å². The van der Waals surface area contributed by atoms with E-state index in [0.717, 1.165) is 0 Å². The van der Waals surface area contributed by atoms with E-state index in [1.807, 2.05) is 20.8 Å². The van der Waals surface area contributed by atoms with Crippen LogP contribution in [0.25, 0.3) is 0 Å². The summed E-state index contributed by atoms with van der Waals surface area (Å²) in [6, 6.07) is 0.920. The summed E-state index contributed by atoms with van der Waals surface area (Å²) in [5.74, 6) is -3.32. The minimum absolute atomic E-state index is 0.241. The van der Waals surface area contributed by atoms with E-state index in [4.69, 9.17) is 5.14 Å². The Morgan fingerprint density at radius 1 is 1.25 bits per heavy atom. The predicted molar refractivity (Wildman–Crippen MR) is 69.5 cm³/mol. The first-order valence-electron chi connectivity index (χ1n) is 5.72. The quantitative estimate of drug-likeness (QED) is 0.884. The molecule has 1 aromatic carbocycles. The number of amides is 1. The molecule has 0 aliphatic heterocycles. The van der Waals surface area contributed by atoms with Crippen molar-refractivity contribution in [3.8, 4) is 0 Å². The van der Waals surface area contributed by atoms with Crippen molar-refractivity contribution in [3.63, 3.8) is 0 Å². The maximum Gasteiger partial charge on any atom is 0.254 e. The van der Waals surface area contributed by atoms with Gasteiger partial charge in [0.15, 0.2) is 0 Å². The molecule has 1 amide bonds. The van der Waals surface area contributed by atoms with E-state index in [-0.39, 0.29) is 12.0 Å². The van der Waals surface area contributed by atoms with Gasteiger partial charge in [-0.05, 0) is 11.5 Å². The van der Waals surface area contributed by atoms with Crippen LogP contribution in [-0.2, 0) is 10.0 Å². The van der Waals surface area contributed by atoms with Gasteiger partial charge < -0.3 is 5.32 Å². The molecule has 5 nitrogen and oxygen atoms in total. The van der Waals surface area contributed by atoms with E-state index in [9.17, 15) is 22.0 Å². The van der Waals surface area contributed by atoms with Crippen molar-refractivity contribution in [3.05, 3.63) is 29.3 Å². The third-order valence-electron chi connectivity index (χ3n) is 2.35. The SMILES string of the molecule is CC(C)(C)CNC(=O)c1cc(S(N)(=O)=O)c(F)cc1F. The topological polar surface area (TPSA) is 89.3 Å². The monoisotopic (exact) mass is 306 g/mol. The molecule has 0 saturated heterocycles. The second-order valence-corrected chi connectivity index (χ2v) is 7.08. The van der Waals surface area contributed by atoms with Gasteiger partial charge in [0, 0.05) is 12.6 Å². The Morgan fingerprint density at radius 3 is 2.25 bits per heavy atom. The van der Waals surface area contributed by atoms with Crippen molar-refractivity contribution in [2.75, 3.05) is 6.54 Å². The first-order chi connectivity index (χ1) is 8.92. The number of halogens is 2. The number of nitrogens with one attached hydrogen (secondary N) is 1. The highest BCUT2D eigenvalue weighted by atomic mass is 32.2. The molecule has 0 unspecified atom stereocenters. The van der Waals surface area contributed by atoms with Crippen LogP contribution in [-0.4, -0.2) is 20.9 Å². The first kappa shape index (κ1) is 16.5. The number of nitrogens with two attached hydrogens (primary N) is 1. The van der Waals surface area contributed by atoms with Gasteiger partial charge in [0.25, 0.3) is 5.91 Å². The molecule has 0 bridgehead atoms. The lowest BCUT2D eigenvalue weighted by Crippen LogP contribution is -2.33. The second kappa shape index (κ2) is 5.45. The van der Waals surface area contributed by atoms with E-state index < -0.39 is 38.0 Å². The van der Waals surface area contributed by atoms with E-state index in [1.165, 1.54) is 0 Å². The largest absolute Gasteiger partial charge is 0.351 e. The fourth-order valence-electron chi connectivity index (χ4n) is 1.36. The fraction of sp³-hybridized carbons (Fsp3) is 0.417. The van der Waals surface area contributed by atoms with Crippen LogP contribution >= 0.6 is 0 Å². The normalized spacial score (nSPS) is 12.3. The molecule has 1 aromatic rings. The maximum absolute atomic E-state index is 13.6. The van der Waals surface area contributed by atoms with E-state index in [1.54, 1.807) is 0 Å². The first-order valence-corrected chi connectivity index (χ1v) is 7.26. The predicted octanol–water partition coefficient (Wildman–Crippen LogP) is 1.39. The average Bonchev–Trinajstić information content (AvgIpc) is 2.23. The molecule has 20 heavy (non-hydrogen) atoms. The lowest BCUT2D eigenvalue weighted by molar-refractivity contribution is 0.0935. The Morgan fingerprint density at radius 2 is 1.80 bits per heavy atom. The van der Waals surface area contributed by atoms with Crippen molar-refractivity contribution in [2.45, 2.75) is 25.7 Å². The van der Waals surface area contributed by atoms with Crippen molar-refractivity contribution in [1.82, 2.24) is 5.32 Å². The van der Waals surface area contributed by atoms with Gasteiger partial charge in [0.2, 0.25) is 10.0 Å². The summed E-state index contributed by atoms with van der Waals surface area (Å²) in [7, 11) is -4.37. The van der Waals surface area contributed by atoms with Crippen LogP contribution in [0.15, 0.2) is 17.0 Å². The molecule has 0 aromatic heterocycles. The zero-order valence-corrected chi connectivity index (χ0v) is 12.1. The van der Waals surface area contributed by atoms with E-state index in [2.05, 4.69) is 5.32 Å². The molecule has 0 saturated carbocycles. The standard InChI is InChI=1S/C12H16F2N2O3S/c1-12(2,3)6-16-11(17)7-4-10(20(15,18)19)9(14)5-8(7)13/h4-5H,6H2,1-3H3,(H,16,17)(H2,15,18,19). The molecule has 0 radical (unpaired) electrons. The number of primary sulfonamides is 1. The Kier molecular flexibility index (Phi) is 4.50. The van der Waals surface area contributed by atoms with Crippen molar-refractivity contribution in [1.29, 1.82) is 0 Å². The van der Waals surface area contributed by atoms with Gasteiger partial charge in [-0.25, -0.2) is 22.3 Å². The van der Waals surface area contributed by atoms with Gasteiger partial charge >= 0.3 is 0 Å². The summed E-state index contributed by atoms with van der Waals surface area (Å²) in [4.78, 5) is 10.9. The lowest BCUT2D eigenvalue weighted by Gasteiger charge is -2.19. The van der Waals surface area contributed by atoms with Gasteiger partial charge in [0.05, 0.1) is 5.56 Å². The minimum Gasteiger partial charge on any atom is -0.351 e. The van der Waals surface area contributed by atoms with Crippen LogP contribution in [0.1, 0.15) is 31.1 Å². The number of benzene rings is 1. The van der Waals surface area contributed by atoms with Gasteiger partial charge in [-0.1, -0.05) is 20.8 Å². The van der Waals surface area contributed by atoms with Gasteiger partial charge in [-0.15, -0.1) is 0 Å². The molecule has 0 fully saturated rings. The lowest BCUT2D eigenvalue weighted by atomic mass is 9.97. The van der Waals surface area contributed by atoms with Gasteiger partial charge in [-0.3, -0.25) is 4.79 Å². The number of carbonyl (C=O) groups is 1. The van der Waals surface area contributed by atoms with Crippen LogP contribution in [0, 0.1) is 17.0 Å². The zero-order chi connectivity index (χ0) is 15.7. The molecule has 8 heteroatoms. The number of sulfonamides is 1. The van der Waals surface area contributed by atoms with Crippen molar-refractivity contribution >= 4 is 15.9 Å². The Labute approximate surface area is 116 Å².